The number of benzene rings is 2. The van der Waals surface area contributed by atoms with E-state index in [9.17, 15) is 14.4 Å². The summed E-state index contributed by atoms with van der Waals surface area (Å²) < 4.78 is 5.70. The van der Waals surface area contributed by atoms with E-state index >= 15 is 0 Å². The van der Waals surface area contributed by atoms with Crippen LogP contribution >= 0.6 is 0 Å². The van der Waals surface area contributed by atoms with Gasteiger partial charge in [0.2, 0.25) is 5.91 Å². The number of carbonyl (C=O) groups excluding carboxylic acids is 2. The van der Waals surface area contributed by atoms with Crippen molar-refractivity contribution in [3.8, 4) is 11.1 Å². The molecule has 1 aliphatic carbocycles. The lowest BCUT2D eigenvalue weighted by molar-refractivity contribution is -0.146. The molecular formula is C28H34N2O5. The van der Waals surface area contributed by atoms with Gasteiger partial charge in [-0.3, -0.25) is 9.59 Å². The third-order valence-electron chi connectivity index (χ3n) is 7.55. The van der Waals surface area contributed by atoms with Crippen LogP contribution in [-0.2, 0) is 14.3 Å². The quantitative estimate of drug-likeness (QED) is 0.512. The van der Waals surface area contributed by atoms with Gasteiger partial charge in [-0.25, -0.2) is 4.79 Å². The van der Waals surface area contributed by atoms with Crippen LogP contribution < -0.4 is 5.32 Å². The lowest BCUT2D eigenvalue weighted by atomic mass is 9.86. The van der Waals surface area contributed by atoms with Crippen LogP contribution in [0.2, 0.25) is 0 Å². The molecule has 7 heteroatoms. The molecule has 2 aromatic carbocycles. The lowest BCUT2D eigenvalue weighted by Gasteiger charge is -2.45. The first kappa shape index (κ1) is 24.8. The van der Waals surface area contributed by atoms with Gasteiger partial charge in [0.15, 0.2) is 0 Å². The van der Waals surface area contributed by atoms with Crippen LogP contribution in [0.1, 0.15) is 63.0 Å². The van der Waals surface area contributed by atoms with E-state index in [2.05, 4.69) is 29.6 Å². The van der Waals surface area contributed by atoms with E-state index in [0.29, 0.717) is 38.3 Å². The molecule has 2 aromatic rings. The summed E-state index contributed by atoms with van der Waals surface area (Å²) in [5.41, 5.74) is 3.61. The maximum atomic E-state index is 13.3. The number of nitrogens with zero attached hydrogens (tertiary/aromatic N) is 1. The Morgan fingerprint density at radius 2 is 1.57 bits per heavy atom. The van der Waals surface area contributed by atoms with E-state index in [1.165, 1.54) is 11.1 Å². The van der Waals surface area contributed by atoms with E-state index in [1.807, 2.05) is 38.1 Å². The minimum atomic E-state index is -1.01. The SMILES string of the molecule is CCC(CC)(NC(=O)OCC1c2ccccc2-c2ccccc21)C(=O)N1CC(CCCC(=O)O)C1. The normalized spacial score (nSPS) is 15.2. The van der Waals surface area contributed by atoms with E-state index < -0.39 is 17.6 Å². The van der Waals surface area contributed by atoms with E-state index in [1.54, 1.807) is 4.90 Å². The van der Waals surface area contributed by atoms with E-state index in [0.717, 1.165) is 17.5 Å². The number of carboxylic acid groups (broad SMARTS) is 1. The van der Waals surface area contributed by atoms with Crippen molar-refractivity contribution in [1.82, 2.24) is 10.2 Å². The Morgan fingerprint density at radius 3 is 2.11 bits per heavy atom. The molecule has 7 nitrogen and oxygen atoms in total. The number of hydrogen-bond donors (Lipinski definition) is 2. The second kappa shape index (κ2) is 10.5. The van der Waals surface area contributed by atoms with Gasteiger partial charge in [0, 0.05) is 25.4 Å². The fourth-order valence-electron chi connectivity index (χ4n) is 5.38. The summed E-state index contributed by atoms with van der Waals surface area (Å²) in [6.07, 6.45) is 1.91. The molecule has 1 aliphatic heterocycles. The van der Waals surface area contributed by atoms with Gasteiger partial charge in [-0.15, -0.1) is 0 Å². The van der Waals surface area contributed by atoms with Gasteiger partial charge < -0.3 is 20.1 Å². The molecule has 0 radical (unpaired) electrons. The molecule has 35 heavy (non-hydrogen) atoms. The monoisotopic (exact) mass is 478 g/mol. The Kier molecular flexibility index (Phi) is 7.43. The van der Waals surface area contributed by atoms with Gasteiger partial charge in [-0.1, -0.05) is 62.4 Å². The molecule has 0 unspecified atom stereocenters. The Hall–Kier alpha value is -3.35. The number of ether oxygens (including phenoxy) is 1. The largest absolute Gasteiger partial charge is 0.481 e. The smallest absolute Gasteiger partial charge is 0.408 e. The molecule has 1 heterocycles. The van der Waals surface area contributed by atoms with Gasteiger partial charge >= 0.3 is 12.1 Å². The lowest BCUT2D eigenvalue weighted by Crippen LogP contribution is -2.63. The Balaban J connectivity index is 1.36. The number of amides is 2. The standard InChI is InChI=1S/C28H34N2O5/c1-3-28(4-2,26(33)30-16-19(17-30)10-9-15-25(31)32)29-27(34)35-18-24-22-13-7-5-11-20(22)21-12-6-8-14-23(21)24/h5-8,11-14,19,24H,3-4,9-10,15-18H2,1-2H3,(H,29,34)(H,31,32). The summed E-state index contributed by atoms with van der Waals surface area (Å²) in [5.74, 6) is -0.603. The maximum Gasteiger partial charge on any atom is 0.408 e. The fraction of sp³-hybridized carbons (Fsp3) is 0.464. The predicted octanol–water partition coefficient (Wildman–Crippen LogP) is 4.80. The van der Waals surface area contributed by atoms with Crippen molar-refractivity contribution in [2.75, 3.05) is 19.7 Å². The van der Waals surface area contributed by atoms with Crippen LogP contribution in [-0.4, -0.2) is 53.2 Å². The minimum absolute atomic E-state index is 0.0385. The number of likely N-dealkylation sites (tertiary alicyclic amines) is 1. The van der Waals surface area contributed by atoms with Gasteiger partial charge in [0.25, 0.3) is 0 Å². The Morgan fingerprint density at radius 1 is 1.00 bits per heavy atom. The Labute approximate surface area is 206 Å². The molecule has 0 atom stereocenters. The summed E-state index contributed by atoms with van der Waals surface area (Å²) in [6, 6.07) is 16.4. The third-order valence-corrected chi connectivity index (χ3v) is 7.55. The van der Waals surface area contributed by atoms with Gasteiger partial charge in [-0.05, 0) is 53.9 Å². The van der Waals surface area contributed by atoms with Crippen LogP contribution in [0, 0.1) is 5.92 Å². The molecule has 2 amide bonds. The van der Waals surface area contributed by atoms with Crippen molar-refractivity contribution in [2.45, 2.75) is 57.4 Å². The van der Waals surface area contributed by atoms with Gasteiger partial charge in [0.05, 0.1) is 0 Å². The number of alkyl carbamates (subject to hydrolysis) is 1. The highest BCUT2D eigenvalue weighted by atomic mass is 16.5. The van der Waals surface area contributed by atoms with E-state index in [4.69, 9.17) is 9.84 Å². The summed E-state index contributed by atoms with van der Waals surface area (Å²) >= 11 is 0. The van der Waals surface area contributed by atoms with Crippen molar-refractivity contribution in [3.05, 3.63) is 59.7 Å². The number of rotatable bonds is 10. The number of fused-ring (bicyclic) bond motifs is 3. The first-order chi connectivity index (χ1) is 16.9. The molecule has 0 bridgehead atoms. The summed E-state index contributed by atoms with van der Waals surface area (Å²) in [6.45, 7) is 5.20. The molecule has 0 saturated carbocycles. The van der Waals surface area contributed by atoms with Crippen LogP contribution in [0.4, 0.5) is 4.79 Å². The molecule has 186 valence electrons. The molecule has 1 saturated heterocycles. The van der Waals surface area contributed by atoms with Gasteiger partial charge in [0.1, 0.15) is 12.1 Å². The topological polar surface area (TPSA) is 95.9 Å². The highest BCUT2D eigenvalue weighted by Crippen LogP contribution is 2.44. The third kappa shape index (κ3) is 5.04. The van der Waals surface area contributed by atoms with Gasteiger partial charge in [-0.2, -0.15) is 0 Å². The molecule has 4 rings (SSSR count). The minimum Gasteiger partial charge on any atom is -0.481 e. The number of carbonyl (C=O) groups is 3. The maximum absolute atomic E-state index is 13.3. The molecular weight excluding hydrogens is 444 g/mol. The van der Waals surface area contributed by atoms with Crippen molar-refractivity contribution in [2.24, 2.45) is 5.92 Å². The first-order valence-electron chi connectivity index (χ1n) is 12.5. The Bertz CT molecular complexity index is 1040. The zero-order chi connectivity index (χ0) is 25.0. The van der Waals surface area contributed by atoms with Crippen molar-refractivity contribution < 1.29 is 24.2 Å². The zero-order valence-electron chi connectivity index (χ0n) is 20.5. The molecule has 2 N–H and O–H groups in total. The van der Waals surface area contributed by atoms with Crippen molar-refractivity contribution >= 4 is 18.0 Å². The average Bonchev–Trinajstić information content (AvgIpc) is 3.16. The highest BCUT2D eigenvalue weighted by molar-refractivity contribution is 5.90. The van der Waals surface area contributed by atoms with E-state index in [-0.39, 0.29) is 24.9 Å². The fourth-order valence-corrected chi connectivity index (χ4v) is 5.38. The summed E-state index contributed by atoms with van der Waals surface area (Å²) in [7, 11) is 0. The molecule has 0 aromatic heterocycles. The average molecular weight is 479 g/mol. The summed E-state index contributed by atoms with van der Waals surface area (Å²) in [5, 5.41) is 11.7. The molecule has 2 aliphatic rings. The molecule has 1 fully saturated rings. The van der Waals surface area contributed by atoms with Crippen molar-refractivity contribution in [3.63, 3.8) is 0 Å². The summed E-state index contributed by atoms with van der Waals surface area (Å²) in [4.78, 5) is 38.7. The van der Waals surface area contributed by atoms with Crippen LogP contribution in [0.3, 0.4) is 0 Å². The number of hydrogen-bond acceptors (Lipinski definition) is 4. The predicted molar refractivity (Wildman–Crippen MR) is 133 cm³/mol. The highest BCUT2D eigenvalue weighted by Gasteiger charge is 2.44. The van der Waals surface area contributed by atoms with Crippen molar-refractivity contribution in [1.29, 1.82) is 0 Å². The van der Waals surface area contributed by atoms with Crippen LogP contribution in [0.5, 0.6) is 0 Å². The first-order valence-corrected chi connectivity index (χ1v) is 12.5. The number of nitrogens with one attached hydrogen (secondary N) is 1. The second-order valence-electron chi connectivity index (χ2n) is 9.60. The van der Waals surface area contributed by atoms with Crippen LogP contribution in [0.25, 0.3) is 11.1 Å². The zero-order valence-corrected chi connectivity index (χ0v) is 20.5. The number of carboxylic acids is 1. The number of aliphatic carboxylic acids is 1. The second-order valence-corrected chi connectivity index (χ2v) is 9.60. The van der Waals surface area contributed by atoms with Crippen LogP contribution in [0.15, 0.2) is 48.5 Å². The molecule has 0 spiro atoms.